The molecule has 294 valence electrons. The zero-order valence-corrected chi connectivity index (χ0v) is 32.7. The van der Waals surface area contributed by atoms with Crippen LogP contribution >= 0.6 is 0 Å². The van der Waals surface area contributed by atoms with Gasteiger partial charge < -0.3 is 29.9 Å². The van der Waals surface area contributed by atoms with Crippen molar-refractivity contribution in [1.29, 1.82) is 0 Å². The molecular weight excluding hydrogens is 632 g/mol. The summed E-state index contributed by atoms with van der Waals surface area (Å²) in [4.78, 5) is 27.3. The molecule has 0 heterocycles. The Hall–Kier alpha value is -1.22. The van der Waals surface area contributed by atoms with Gasteiger partial charge in [-0.2, -0.15) is 0 Å². The maximum Gasteiger partial charge on any atom is 0.308 e. The van der Waals surface area contributed by atoms with Gasteiger partial charge in [-0.3, -0.25) is 9.59 Å². The minimum Gasteiger partial charge on any atom is -0.465 e. The molecular formula is C42H78O8. The van der Waals surface area contributed by atoms with E-state index in [9.17, 15) is 30.0 Å². The van der Waals surface area contributed by atoms with Crippen molar-refractivity contribution in [2.24, 2.45) is 35.5 Å². The van der Waals surface area contributed by atoms with Gasteiger partial charge in [0.05, 0.1) is 25.0 Å². The highest BCUT2D eigenvalue weighted by atomic mass is 16.5. The Morgan fingerprint density at radius 1 is 0.560 bits per heavy atom. The molecule has 0 bridgehead atoms. The van der Waals surface area contributed by atoms with Crippen LogP contribution in [0.4, 0.5) is 0 Å². The Bertz CT molecular complexity index is 815. The zero-order valence-electron chi connectivity index (χ0n) is 32.7. The van der Waals surface area contributed by atoms with Crippen molar-refractivity contribution in [3.05, 3.63) is 0 Å². The highest BCUT2D eigenvalue weighted by Gasteiger charge is 2.36. The Kier molecular flexibility index (Phi) is 22.4. The van der Waals surface area contributed by atoms with Gasteiger partial charge in [-0.15, -0.1) is 0 Å². The summed E-state index contributed by atoms with van der Waals surface area (Å²) in [6.45, 7) is 6.77. The number of hydrogen-bond donors (Lipinski definition) is 4. The maximum absolute atomic E-state index is 13.6. The Morgan fingerprint density at radius 2 is 0.920 bits per heavy atom. The molecule has 2 aliphatic carbocycles. The third-order valence-electron chi connectivity index (χ3n) is 11.6. The molecule has 2 unspecified atom stereocenters. The minimum atomic E-state index is -2.09. The van der Waals surface area contributed by atoms with Crippen LogP contribution in [-0.4, -0.2) is 57.2 Å². The van der Waals surface area contributed by atoms with Crippen LogP contribution in [0, 0.1) is 35.5 Å². The number of esters is 2. The van der Waals surface area contributed by atoms with E-state index in [0.29, 0.717) is 11.8 Å². The molecule has 2 fully saturated rings. The predicted molar refractivity (Wildman–Crippen MR) is 200 cm³/mol. The van der Waals surface area contributed by atoms with Gasteiger partial charge >= 0.3 is 11.9 Å². The van der Waals surface area contributed by atoms with Crippen molar-refractivity contribution in [2.75, 3.05) is 13.2 Å². The van der Waals surface area contributed by atoms with Gasteiger partial charge in [0.2, 0.25) is 0 Å². The van der Waals surface area contributed by atoms with Crippen molar-refractivity contribution in [1.82, 2.24) is 0 Å². The van der Waals surface area contributed by atoms with Gasteiger partial charge in [-0.05, 0) is 70.1 Å². The van der Waals surface area contributed by atoms with Gasteiger partial charge in [-0.25, -0.2) is 0 Å². The summed E-state index contributed by atoms with van der Waals surface area (Å²) in [6.07, 6.45) is 26.2. The van der Waals surface area contributed by atoms with Gasteiger partial charge in [0.1, 0.15) is 0 Å². The lowest BCUT2D eigenvalue weighted by molar-refractivity contribution is -0.194. The number of hydrogen-bond acceptors (Lipinski definition) is 8. The van der Waals surface area contributed by atoms with Crippen LogP contribution in [0.25, 0.3) is 0 Å². The molecule has 0 radical (unpaired) electrons. The van der Waals surface area contributed by atoms with E-state index in [1.54, 1.807) is 0 Å². The fourth-order valence-electron chi connectivity index (χ4n) is 7.87. The molecule has 0 aliphatic heterocycles. The highest BCUT2D eigenvalue weighted by molar-refractivity contribution is 5.73. The zero-order chi connectivity index (χ0) is 36.8. The van der Waals surface area contributed by atoms with E-state index < -0.39 is 23.4 Å². The fraction of sp³-hybridized carbons (Fsp3) is 0.952. The monoisotopic (exact) mass is 711 g/mol. The molecule has 0 spiro atoms. The smallest absolute Gasteiger partial charge is 0.308 e. The summed E-state index contributed by atoms with van der Waals surface area (Å²) in [5.41, 5.74) is 0. The Balaban J connectivity index is 2.12. The van der Waals surface area contributed by atoms with Crippen LogP contribution in [0.3, 0.4) is 0 Å². The van der Waals surface area contributed by atoms with E-state index in [1.165, 1.54) is 104 Å². The summed E-state index contributed by atoms with van der Waals surface area (Å²) in [6, 6.07) is 0. The first-order valence-electron chi connectivity index (χ1n) is 21.0. The molecule has 0 aromatic rings. The number of ether oxygens (including phenoxy) is 2. The molecule has 2 saturated carbocycles. The molecule has 2 atom stereocenters. The second-order valence-corrected chi connectivity index (χ2v) is 16.9. The number of aliphatic hydroxyl groups is 4. The van der Waals surface area contributed by atoms with E-state index in [-0.39, 0.29) is 49.8 Å². The standard InChI is InChI=1S/C42H78O8/c1-5-7-9-11-13-15-23-35(27-25-33-19-17-20-33)39(43)49-31-38(37(29-41(3,45)46)30-42(4,47)48)32-50-40(44)36(28-26-34-21-18-22-34)24-16-14-12-10-8-6-2/h33-38,45-48H,5-32H2,1-4H3. The summed E-state index contributed by atoms with van der Waals surface area (Å²) in [5, 5.41) is 41.6. The van der Waals surface area contributed by atoms with Crippen LogP contribution in [-0.2, 0) is 19.1 Å². The normalized spacial score (nSPS) is 17.6. The van der Waals surface area contributed by atoms with Crippen molar-refractivity contribution in [2.45, 2.75) is 206 Å². The number of carbonyl (C=O) groups excluding carboxylic acids is 2. The average Bonchev–Trinajstić information content (AvgIpc) is 2.98. The second-order valence-electron chi connectivity index (χ2n) is 16.9. The van der Waals surface area contributed by atoms with Crippen LogP contribution in [0.5, 0.6) is 0 Å². The molecule has 0 saturated heterocycles. The van der Waals surface area contributed by atoms with Gasteiger partial charge in [0.15, 0.2) is 11.6 Å². The Morgan fingerprint density at radius 3 is 1.24 bits per heavy atom. The van der Waals surface area contributed by atoms with Crippen LogP contribution in [0.1, 0.15) is 195 Å². The molecule has 2 rings (SSSR count). The first-order chi connectivity index (χ1) is 23.8. The first-order valence-corrected chi connectivity index (χ1v) is 21.0. The molecule has 0 amide bonds. The summed E-state index contributed by atoms with van der Waals surface area (Å²) < 4.78 is 12.0. The van der Waals surface area contributed by atoms with Gasteiger partial charge in [0.25, 0.3) is 0 Å². The van der Waals surface area contributed by atoms with Crippen molar-refractivity contribution in [3.63, 3.8) is 0 Å². The quantitative estimate of drug-likeness (QED) is 0.0318. The van der Waals surface area contributed by atoms with E-state index in [1.807, 2.05) is 0 Å². The number of unbranched alkanes of at least 4 members (excludes halogenated alkanes) is 10. The van der Waals surface area contributed by atoms with E-state index in [2.05, 4.69) is 13.8 Å². The molecule has 8 heteroatoms. The number of carbonyl (C=O) groups is 2. The largest absolute Gasteiger partial charge is 0.465 e. The summed E-state index contributed by atoms with van der Waals surface area (Å²) in [7, 11) is 0. The van der Waals surface area contributed by atoms with Crippen LogP contribution < -0.4 is 0 Å². The highest BCUT2D eigenvalue weighted by Crippen LogP contribution is 2.35. The van der Waals surface area contributed by atoms with Crippen molar-refractivity contribution in [3.8, 4) is 0 Å². The number of rotatable bonds is 31. The van der Waals surface area contributed by atoms with E-state index >= 15 is 0 Å². The molecule has 0 aromatic heterocycles. The van der Waals surface area contributed by atoms with Gasteiger partial charge in [-0.1, -0.05) is 129 Å². The van der Waals surface area contributed by atoms with Crippen molar-refractivity contribution < 1.29 is 39.5 Å². The molecule has 0 aromatic carbocycles. The second kappa shape index (κ2) is 24.9. The Labute approximate surface area is 305 Å². The summed E-state index contributed by atoms with van der Waals surface area (Å²) >= 11 is 0. The topological polar surface area (TPSA) is 134 Å². The maximum atomic E-state index is 13.6. The SMILES string of the molecule is CCCCCCCCC(CCC1CCC1)C(=O)OCC(COC(=O)C(CCCCCCCC)CCC1CCC1)C(CC(C)(O)O)CC(C)(O)O. The van der Waals surface area contributed by atoms with Crippen LogP contribution in [0.2, 0.25) is 0 Å². The minimum absolute atomic E-state index is 0.0798. The fourth-order valence-corrected chi connectivity index (χ4v) is 7.87. The lowest BCUT2D eigenvalue weighted by Gasteiger charge is -2.34. The molecule has 4 N–H and O–H groups in total. The molecule has 50 heavy (non-hydrogen) atoms. The third kappa shape index (κ3) is 20.7. The lowest BCUT2D eigenvalue weighted by Crippen LogP contribution is -2.39. The molecule has 8 nitrogen and oxygen atoms in total. The van der Waals surface area contributed by atoms with E-state index in [0.717, 1.165) is 64.2 Å². The first kappa shape index (κ1) is 44.9. The average molecular weight is 711 g/mol. The van der Waals surface area contributed by atoms with E-state index in [4.69, 9.17) is 9.47 Å². The molecule has 2 aliphatic rings. The lowest BCUT2D eigenvalue weighted by atomic mass is 9.79. The third-order valence-corrected chi connectivity index (χ3v) is 11.6. The van der Waals surface area contributed by atoms with Crippen LogP contribution in [0.15, 0.2) is 0 Å². The summed E-state index contributed by atoms with van der Waals surface area (Å²) in [5.74, 6) is -4.99. The predicted octanol–water partition coefficient (Wildman–Crippen LogP) is 9.38. The van der Waals surface area contributed by atoms with Crippen molar-refractivity contribution >= 4 is 11.9 Å². The van der Waals surface area contributed by atoms with Gasteiger partial charge in [0, 0.05) is 18.8 Å².